The third-order valence-corrected chi connectivity index (χ3v) is 2.50. The number of ether oxygens (including phenoxy) is 2. The van der Waals surface area contributed by atoms with Gasteiger partial charge in [-0.1, -0.05) is 18.5 Å². The molecule has 3 nitrogen and oxygen atoms in total. The second kappa shape index (κ2) is 7.37. The van der Waals surface area contributed by atoms with Gasteiger partial charge in [-0.2, -0.15) is 0 Å². The van der Waals surface area contributed by atoms with Gasteiger partial charge in [0.2, 0.25) is 0 Å². The van der Waals surface area contributed by atoms with Crippen LogP contribution in [0.15, 0.2) is 12.1 Å². The molecule has 0 heterocycles. The SMILES string of the molecule is CCCOc1c(Cl)cc(NC(C)C)cc1OCC. The summed E-state index contributed by atoms with van der Waals surface area (Å²) in [6, 6.07) is 4.15. The Hall–Kier alpha value is -1.09. The number of anilines is 1. The summed E-state index contributed by atoms with van der Waals surface area (Å²) >= 11 is 6.24. The zero-order valence-electron chi connectivity index (χ0n) is 11.5. The summed E-state index contributed by atoms with van der Waals surface area (Å²) in [5, 5.41) is 3.89. The van der Waals surface area contributed by atoms with Crippen molar-refractivity contribution < 1.29 is 9.47 Å². The monoisotopic (exact) mass is 271 g/mol. The van der Waals surface area contributed by atoms with Crippen LogP contribution >= 0.6 is 11.6 Å². The first-order valence-corrected chi connectivity index (χ1v) is 6.81. The first-order valence-electron chi connectivity index (χ1n) is 6.44. The zero-order valence-corrected chi connectivity index (χ0v) is 12.3. The van der Waals surface area contributed by atoms with Crippen molar-refractivity contribution in [2.24, 2.45) is 0 Å². The van der Waals surface area contributed by atoms with Crippen LogP contribution in [0.3, 0.4) is 0 Å². The van der Waals surface area contributed by atoms with Crippen molar-refractivity contribution in [3.63, 3.8) is 0 Å². The summed E-state index contributed by atoms with van der Waals surface area (Å²) in [6.07, 6.45) is 0.938. The minimum absolute atomic E-state index is 0.345. The number of halogens is 1. The predicted molar refractivity (Wildman–Crippen MR) is 77.2 cm³/mol. The van der Waals surface area contributed by atoms with E-state index in [9.17, 15) is 0 Å². The number of benzene rings is 1. The summed E-state index contributed by atoms with van der Waals surface area (Å²) in [4.78, 5) is 0. The van der Waals surface area contributed by atoms with Gasteiger partial charge < -0.3 is 14.8 Å². The molecule has 1 aromatic rings. The van der Waals surface area contributed by atoms with E-state index in [1.54, 1.807) is 0 Å². The van der Waals surface area contributed by atoms with Gasteiger partial charge in [0.25, 0.3) is 0 Å². The van der Waals surface area contributed by atoms with Crippen LogP contribution in [-0.2, 0) is 0 Å². The predicted octanol–water partition coefficient (Wildman–Crippen LogP) is 4.35. The van der Waals surface area contributed by atoms with Crippen molar-refractivity contribution in [3.05, 3.63) is 17.2 Å². The van der Waals surface area contributed by atoms with E-state index in [0.29, 0.717) is 35.8 Å². The Morgan fingerprint density at radius 3 is 2.50 bits per heavy atom. The molecule has 0 saturated carbocycles. The van der Waals surface area contributed by atoms with Crippen molar-refractivity contribution >= 4 is 17.3 Å². The molecule has 0 aliphatic carbocycles. The van der Waals surface area contributed by atoms with Crippen LogP contribution in [-0.4, -0.2) is 19.3 Å². The molecule has 0 spiro atoms. The molecule has 18 heavy (non-hydrogen) atoms. The highest BCUT2D eigenvalue weighted by molar-refractivity contribution is 6.32. The van der Waals surface area contributed by atoms with Gasteiger partial charge >= 0.3 is 0 Å². The lowest BCUT2D eigenvalue weighted by Gasteiger charge is -2.17. The molecular formula is C14H22ClNO2. The molecule has 0 fully saturated rings. The molecular weight excluding hydrogens is 250 g/mol. The lowest BCUT2D eigenvalue weighted by Crippen LogP contribution is -2.10. The van der Waals surface area contributed by atoms with Crippen LogP contribution in [0.25, 0.3) is 0 Å². The van der Waals surface area contributed by atoms with E-state index in [1.165, 1.54) is 0 Å². The van der Waals surface area contributed by atoms with Crippen molar-refractivity contribution in [1.82, 2.24) is 0 Å². The maximum Gasteiger partial charge on any atom is 0.179 e. The van der Waals surface area contributed by atoms with E-state index in [-0.39, 0.29) is 0 Å². The molecule has 0 saturated heterocycles. The molecule has 102 valence electrons. The highest BCUT2D eigenvalue weighted by Crippen LogP contribution is 2.38. The number of hydrogen-bond acceptors (Lipinski definition) is 3. The Bertz CT molecular complexity index is 380. The van der Waals surface area contributed by atoms with Gasteiger partial charge in [-0.05, 0) is 33.3 Å². The van der Waals surface area contributed by atoms with E-state index in [1.807, 2.05) is 19.1 Å². The first kappa shape index (κ1) is 15.0. The smallest absolute Gasteiger partial charge is 0.179 e. The van der Waals surface area contributed by atoms with Crippen molar-refractivity contribution in [2.75, 3.05) is 18.5 Å². The number of hydrogen-bond donors (Lipinski definition) is 1. The van der Waals surface area contributed by atoms with Gasteiger partial charge in [0, 0.05) is 17.8 Å². The molecule has 0 aromatic heterocycles. The van der Waals surface area contributed by atoms with E-state index in [2.05, 4.69) is 26.1 Å². The zero-order chi connectivity index (χ0) is 13.5. The summed E-state index contributed by atoms with van der Waals surface area (Å²) in [5.41, 5.74) is 0.947. The molecule has 0 radical (unpaired) electrons. The molecule has 1 aromatic carbocycles. The van der Waals surface area contributed by atoms with Crippen LogP contribution in [0.5, 0.6) is 11.5 Å². The van der Waals surface area contributed by atoms with Crippen LogP contribution in [0, 0.1) is 0 Å². The van der Waals surface area contributed by atoms with Gasteiger partial charge in [0.1, 0.15) is 0 Å². The Morgan fingerprint density at radius 2 is 1.94 bits per heavy atom. The Morgan fingerprint density at radius 1 is 1.22 bits per heavy atom. The summed E-state index contributed by atoms with van der Waals surface area (Å²) in [5.74, 6) is 1.33. The van der Waals surface area contributed by atoms with E-state index in [0.717, 1.165) is 12.1 Å². The highest BCUT2D eigenvalue weighted by atomic mass is 35.5. The molecule has 4 heteroatoms. The van der Waals surface area contributed by atoms with Gasteiger partial charge in [-0.3, -0.25) is 0 Å². The van der Waals surface area contributed by atoms with Gasteiger partial charge in [-0.25, -0.2) is 0 Å². The third-order valence-electron chi connectivity index (χ3n) is 2.22. The number of nitrogens with one attached hydrogen (secondary N) is 1. The first-order chi connectivity index (χ1) is 8.58. The normalized spacial score (nSPS) is 10.6. The van der Waals surface area contributed by atoms with Crippen molar-refractivity contribution in [3.8, 4) is 11.5 Å². The third kappa shape index (κ3) is 4.30. The van der Waals surface area contributed by atoms with Crippen LogP contribution in [0.4, 0.5) is 5.69 Å². The lowest BCUT2D eigenvalue weighted by atomic mass is 10.2. The van der Waals surface area contributed by atoms with Crippen molar-refractivity contribution in [2.45, 2.75) is 40.2 Å². The molecule has 1 N–H and O–H groups in total. The van der Waals surface area contributed by atoms with Gasteiger partial charge in [0.15, 0.2) is 11.5 Å². The van der Waals surface area contributed by atoms with Crippen LogP contribution in [0.1, 0.15) is 34.1 Å². The van der Waals surface area contributed by atoms with Gasteiger partial charge in [0.05, 0.1) is 18.2 Å². The topological polar surface area (TPSA) is 30.5 Å². The van der Waals surface area contributed by atoms with E-state index in [4.69, 9.17) is 21.1 Å². The van der Waals surface area contributed by atoms with Crippen LogP contribution < -0.4 is 14.8 Å². The van der Waals surface area contributed by atoms with E-state index < -0.39 is 0 Å². The maximum absolute atomic E-state index is 6.24. The van der Waals surface area contributed by atoms with Crippen molar-refractivity contribution in [1.29, 1.82) is 0 Å². The molecule has 0 aliphatic rings. The Balaban J connectivity index is 3.01. The minimum atomic E-state index is 0.345. The minimum Gasteiger partial charge on any atom is -0.490 e. The molecule has 0 bridgehead atoms. The summed E-state index contributed by atoms with van der Waals surface area (Å²) < 4.78 is 11.2. The Labute approximate surface area is 114 Å². The van der Waals surface area contributed by atoms with Gasteiger partial charge in [-0.15, -0.1) is 0 Å². The fraction of sp³-hybridized carbons (Fsp3) is 0.571. The molecule has 0 amide bonds. The van der Waals surface area contributed by atoms with Crippen LogP contribution in [0.2, 0.25) is 5.02 Å². The largest absolute Gasteiger partial charge is 0.490 e. The molecule has 0 unspecified atom stereocenters. The molecule has 0 atom stereocenters. The average molecular weight is 272 g/mol. The molecule has 0 aliphatic heterocycles. The number of rotatable bonds is 7. The Kier molecular flexibility index (Phi) is 6.13. The second-order valence-electron chi connectivity index (χ2n) is 4.37. The standard InChI is InChI=1S/C14H22ClNO2/c1-5-7-18-14-12(15)8-11(16-10(3)4)9-13(14)17-6-2/h8-10,16H,5-7H2,1-4H3. The fourth-order valence-corrected chi connectivity index (χ4v) is 1.86. The quantitative estimate of drug-likeness (QED) is 0.800. The summed E-state index contributed by atoms with van der Waals surface area (Å²) in [7, 11) is 0. The summed E-state index contributed by atoms with van der Waals surface area (Å²) in [6.45, 7) is 9.38. The maximum atomic E-state index is 6.24. The second-order valence-corrected chi connectivity index (χ2v) is 4.77. The fourth-order valence-electron chi connectivity index (χ4n) is 1.59. The van der Waals surface area contributed by atoms with E-state index >= 15 is 0 Å². The lowest BCUT2D eigenvalue weighted by molar-refractivity contribution is 0.277. The highest BCUT2D eigenvalue weighted by Gasteiger charge is 2.12. The molecule has 1 rings (SSSR count). The average Bonchev–Trinajstić information content (AvgIpc) is 2.27.